The van der Waals surface area contributed by atoms with Gasteiger partial charge >= 0.3 is 0 Å². The highest BCUT2D eigenvalue weighted by molar-refractivity contribution is 7.21. The van der Waals surface area contributed by atoms with Gasteiger partial charge in [0.15, 0.2) is 17.1 Å². The molecule has 0 atom stereocenters. The molecule has 0 aliphatic carbocycles. The number of phenols is 6. The summed E-state index contributed by atoms with van der Waals surface area (Å²) in [5.41, 5.74) is 28.7. The zero-order valence-corrected chi connectivity index (χ0v) is 76.4. The monoisotopic (exact) mass is 1780 g/mol. The molecular formula is C112H98N14O7S. The van der Waals surface area contributed by atoms with Crippen molar-refractivity contribution in [2.75, 3.05) is 0 Å². The van der Waals surface area contributed by atoms with Crippen LogP contribution in [0.3, 0.4) is 0 Å². The molecule has 6 N–H and O–H groups in total. The molecule has 0 aliphatic rings. The molecule has 25 rings (SSSR count). The first-order valence-corrected chi connectivity index (χ1v) is 45.3. The van der Waals surface area contributed by atoms with Crippen molar-refractivity contribution >= 4 is 76.9 Å². The largest absolute Gasteiger partial charge is 0.507 e. The fourth-order valence-electron chi connectivity index (χ4n) is 17.7. The van der Waals surface area contributed by atoms with Crippen molar-refractivity contribution in [3.8, 4) is 124 Å². The minimum Gasteiger partial charge on any atom is -0.507 e. The second-order valence-electron chi connectivity index (χ2n) is 36.5. The van der Waals surface area contributed by atoms with Crippen LogP contribution in [0.2, 0.25) is 0 Å². The van der Waals surface area contributed by atoms with Gasteiger partial charge in [-0.1, -0.05) is 262 Å². The minimum absolute atomic E-state index is 0.0489. The summed E-state index contributed by atoms with van der Waals surface area (Å²) in [5, 5.41) is 61.7. The van der Waals surface area contributed by atoms with Gasteiger partial charge in [-0.25, -0.2) is 19.9 Å². The first kappa shape index (κ1) is 85.4. The van der Waals surface area contributed by atoms with E-state index in [0.717, 1.165) is 99.8 Å². The van der Waals surface area contributed by atoms with E-state index in [0.29, 0.717) is 51.3 Å². The Kier molecular flexibility index (Phi) is 21.9. The van der Waals surface area contributed by atoms with Gasteiger partial charge in [0.25, 0.3) is 0 Å². The zero-order valence-electron chi connectivity index (χ0n) is 75.6. The molecule has 0 radical (unpaired) electrons. The normalized spacial score (nSPS) is 11.9. The summed E-state index contributed by atoms with van der Waals surface area (Å²) in [6.07, 6.45) is 2.81. The molecule has 0 spiro atoms. The number of nitrogens with zero attached hydrogens (tertiary/aromatic N) is 14. The first-order chi connectivity index (χ1) is 64.8. The Morgan fingerprint density at radius 2 is 0.754 bits per heavy atom. The van der Waals surface area contributed by atoms with Crippen LogP contribution >= 0.6 is 11.3 Å². The van der Waals surface area contributed by atoms with Gasteiger partial charge in [0, 0.05) is 6.20 Å². The Morgan fingerprint density at radius 1 is 0.321 bits per heavy atom. The molecule has 15 aromatic carbocycles. The van der Waals surface area contributed by atoms with E-state index in [1.54, 1.807) is 66.1 Å². The van der Waals surface area contributed by atoms with Gasteiger partial charge in [0.05, 0.1) is 38.1 Å². The number of benzene rings is 15. The third kappa shape index (κ3) is 16.5. The van der Waals surface area contributed by atoms with Crippen LogP contribution in [0.4, 0.5) is 0 Å². The molecule has 0 bridgehead atoms. The van der Waals surface area contributed by atoms with Crippen LogP contribution < -0.4 is 0 Å². The number of para-hydroxylation sites is 8. The number of pyridine rings is 1. The second kappa shape index (κ2) is 34.3. The van der Waals surface area contributed by atoms with E-state index in [1.807, 2.05) is 208 Å². The summed E-state index contributed by atoms with van der Waals surface area (Å²) in [7, 11) is 0. The Bertz CT molecular complexity index is 8230. The summed E-state index contributed by atoms with van der Waals surface area (Å²) in [6, 6.07) is 117. The molecule has 0 fully saturated rings. The number of hydrogen-bond acceptors (Lipinski definition) is 12. The predicted octanol–water partition coefficient (Wildman–Crippen LogP) is 26.7. The van der Waals surface area contributed by atoms with Crippen LogP contribution in [-0.4, -0.2) is 97.3 Å². The molecule has 25 aromatic rings. The topological polar surface area (TPSA) is 232 Å². The fourth-order valence-corrected chi connectivity index (χ4v) is 18.6. The Labute approximate surface area is 776 Å². The highest BCUT2D eigenvalue weighted by atomic mass is 32.1. The average molecular weight is 1780 g/mol. The standard InChI is InChI=1S/C20H25N3O.2C19H15N3O.C19H13NO2.C19H13NOS.C16H17N3O/c1-19(2,3)13-20(4,5)14-10-11-18(24)17(12-14)23-21-15-8-6-7-9-16(15)22(21)23;1-13-7-10-19(23)18(11-13)22-20-16-9-8-15(12-17(16)21(20)22)14-5-3-2-4-6-14;1-13-7-2-4-9-15(13)22-16-10-6-12-20-18(16)21-19(22)14-8-3-5-11-17(14)23;2*21-17-9-5-4-8-15(17)19-20-16-12-14(10-11-18(16)22-19)13-6-2-1-3-7-13;1-16(2,3)11-8-9-15(20)14(10-11)19-17-12-6-4-5-7-13(12)18(17)19/h6-12,24H,13H2,1-5H3;2*2-12,23H,1H3;2*1-12,21H;4-10,20H,1-3H3. The fraction of sp³-hybridized carbons (Fsp3) is 0.125. The number of rotatable bonds is 12. The van der Waals surface area contributed by atoms with Gasteiger partial charge in [0.1, 0.15) is 95.2 Å². The van der Waals surface area contributed by atoms with Crippen LogP contribution in [-0.2, 0) is 10.8 Å². The average Bonchev–Trinajstić information content (AvgIpc) is 1.52. The summed E-state index contributed by atoms with van der Waals surface area (Å²) in [6.45, 7) is 22.0. The molecule has 134 heavy (non-hydrogen) atoms. The first-order valence-electron chi connectivity index (χ1n) is 44.5. The highest BCUT2D eigenvalue weighted by Crippen LogP contribution is 2.44. The molecule has 21 nitrogen and oxygen atoms in total. The smallest absolute Gasteiger partial charge is 0.231 e. The van der Waals surface area contributed by atoms with Crippen molar-refractivity contribution in [3.05, 3.63) is 386 Å². The molecule has 10 heterocycles. The summed E-state index contributed by atoms with van der Waals surface area (Å²) in [5.74, 6) is 2.66. The predicted molar refractivity (Wildman–Crippen MR) is 537 cm³/mol. The lowest BCUT2D eigenvalue weighted by molar-refractivity contribution is 0.284. The third-order valence-corrected chi connectivity index (χ3v) is 25.3. The van der Waals surface area contributed by atoms with Gasteiger partial charge < -0.3 is 35.1 Å². The second-order valence-corrected chi connectivity index (χ2v) is 37.5. The maximum atomic E-state index is 10.4. The number of fused-ring (bicyclic) bond motifs is 15. The van der Waals surface area contributed by atoms with E-state index >= 15 is 0 Å². The number of aromatic hydroxyl groups is 6. The van der Waals surface area contributed by atoms with E-state index < -0.39 is 0 Å². The van der Waals surface area contributed by atoms with Crippen molar-refractivity contribution < 1.29 is 35.1 Å². The highest BCUT2D eigenvalue weighted by Gasteiger charge is 2.33. The van der Waals surface area contributed by atoms with Gasteiger partial charge in [-0.3, -0.25) is 4.57 Å². The van der Waals surface area contributed by atoms with Crippen molar-refractivity contribution in [2.45, 2.75) is 86.5 Å². The Balaban J connectivity index is 0.0000000999. The molecule has 0 amide bonds. The molecule has 0 unspecified atom stereocenters. The molecule has 10 aromatic heterocycles. The molecule has 0 saturated carbocycles. The Morgan fingerprint density at radius 3 is 1.29 bits per heavy atom. The quantitative estimate of drug-likeness (QED) is 0.0673. The SMILES string of the molecule is CC(C)(C)CC(C)(C)c1ccc(O)c(-n2n3c4ccccc4n23)c1.CC(C)(C)c1ccc(O)c(-n2n3c4ccccc4n23)c1.Cc1ccc(O)c(-n2n3c4ccc(-c5ccccc5)cc4n23)c1.Cc1ccccc1-n1c(-c2ccccc2O)nc2ncccc21.Oc1ccccc1-c1nc2cc(-c3ccccc3)ccc2o1.Oc1ccccc1-c1nc2cc(-c3ccccc3)ccc2s1. The maximum absolute atomic E-state index is 10.4. The van der Waals surface area contributed by atoms with Crippen molar-refractivity contribution in [3.63, 3.8) is 0 Å². The molecular weight excluding hydrogens is 1690 g/mol. The van der Waals surface area contributed by atoms with Crippen molar-refractivity contribution in [1.82, 2.24) is 66.7 Å². The van der Waals surface area contributed by atoms with Gasteiger partial charge in [-0.15, -0.1) is 53.5 Å². The number of phenolic OH excluding ortho intramolecular Hbond substituents is 6. The minimum atomic E-state index is 0.0489. The van der Waals surface area contributed by atoms with Crippen LogP contribution in [0.5, 0.6) is 34.5 Å². The summed E-state index contributed by atoms with van der Waals surface area (Å²) < 4.78 is 21.3. The van der Waals surface area contributed by atoms with Gasteiger partial charge in [-0.2, -0.15) is 0 Å². The van der Waals surface area contributed by atoms with Crippen LogP contribution in [0.15, 0.2) is 369 Å². The van der Waals surface area contributed by atoms with Gasteiger partial charge in [-0.05, 0) is 244 Å². The van der Waals surface area contributed by atoms with Crippen molar-refractivity contribution in [2.24, 2.45) is 5.41 Å². The van der Waals surface area contributed by atoms with Gasteiger partial charge in [0.2, 0.25) is 5.89 Å². The molecule has 664 valence electrons. The zero-order chi connectivity index (χ0) is 92.6. The maximum Gasteiger partial charge on any atom is 0.231 e. The molecule has 22 heteroatoms. The number of aryl methyl sites for hydroxylation is 2. The van der Waals surface area contributed by atoms with E-state index in [9.17, 15) is 30.6 Å². The lowest BCUT2D eigenvalue weighted by Crippen LogP contribution is -2.24. The lowest BCUT2D eigenvalue weighted by atomic mass is 9.72. The Hall–Kier alpha value is -16.7. The third-order valence-electron chi connectivity index (χ3n) is 24.2. The van der Waals surface area contributed by atoms with Crippen LogP contribution in [0, 0.1) is 19.3 Å². The number of oxazole rings is 1. The molecule has 0 saturated heterocycles. The van der Waals surface area contributed by atoms with Crippen LogP contribution in [0.25, 0.3) is 155 Å². The molecule has 0 aliphatic heterocycles. The number of aromatic nitrogens is 14. The number of thiazole rings is 1. The number of hydrogen-bond donors (Lipinski definition) is 6. The lowest BCUT2D eigenvalue weighted by Gasteiger charge is -2.33. The van der Waals surface area contributed by atoms with E-state index in [2.05, 4.69) is 237 Å². The van der Waals surface area contributed by atoms with E-state index in [-0.39, 0.29) is 33.5 Å². The van der Waals surface area contributed by atoms with E-state index in [4.69, 9.17) is 4.42 Å². The van der Waals surface area contributed by atoms with Crippen molar-refractivity contribution in [1.29, 1.82) is 0 Å². The van der Waals surface area contributed by atoms with E-state index in [1.165, 1.54) is 49.9 Å². The van der Waals surface area contributed by atoms with Crippen LogP contribution in [0.1, 0.15) is 84.1 Å². The summed E-state index contributed by atoms with van der Waals surface area (Å²) in [4.78, 5) is 24.2. The summed E-state index contributed by atoms with van der Waals surface area (Å²) >= 11 is 1.60. The number of imidazole rings is 1.